The molecule has 3 fully saturated rings. The first kappa shape index (κ1) is 22.5. The van der Waals surface area contributed by atoms with E-state index in [1.54, 1.807) is 11.9 Å². The second-order valence-corrected chi connectivity index (χ2v) is 9.41. The zero-order chi connectivity index (χ0) is 21.2. The molecule has 6 atom stereocenters. The number of rotatable bonds is 10. The predicted octanol–water partition coefficient (Wildman–Crippen LogP) is 0.559. The molecule has 164 valence electrons. The van der Waals surface area contributed by atoms with Gasteiger partial charge in [-0.15, -0.1) is 0 Å². The molecule has 3 N–H and O–H groups in total. The van der Waals surface area contributed by atoms with E-state index in [0.29, 0.717) is 32.4 Å². The molecule has 0 aromatic carbocycles. The summed E-state index contributed by atoms with van der Waals surface area (Å²) in [4.78, 5) is 40.8. The van der Waals surface area contributed by atoms with Crippen molar-refractivity contribution in [2.24, 2.45) is 11.8 Å². The second kappa shape index (κ2) is 9.31. The molecular formula is C20H32BrN3O5. The number of alkyl halides is 1. The van der Waals surface area contributed by atoms with Gasteiger partial charge in [-0.05, 0) is 32.1 Å². The Morgan fingerprint density at radius 1 is 1.28 bits per heavy atom. The highest BCUT2D eigenvalue weighted by Gasteiger charge is 2.76. The topological polar surface area (TPSA) is 108 Å². The highest BCUT2D eigenvalue weighted by Crippen LogP contribution is 2.59. The first-order chi connectivity index (χ1) is 13.9. The average Bonchev–Trinajstić information content (AvgIpc) is 3.28. The van der Waals surface area contributed by atoms with Crippen LogP contribution >= 0.6 is 15.9 Å². The van der Waals surface area contributed by atoms with Gasteiger partial charge in [0.2, 0.25) is 17.7 Å². The van der Waals surface area contributed by atoms with Crippen molar-refractivity contribution in [3.05, 3.63) is 0 Å². The lowest BCUT2D eigenvalue weighted by Crippen LogP contribution is -2.56. The molecule has 0 radical (unpaired) electrons. The molecule has 3 aliphatic heterocycles. The van der Waals surface area contributed by atoms with Crippen molar-refractivity contribution < 1.29 is 24.2 Å². The van der Waals surface area contributed by atoms with Gasteiger partial charge in [-0.2, -0.15) is 0 Å². The molecule has 1 spiro atoms. The fourth-order valence-electron chi connectivity index (χ4n) is 5.19. The number of hydrogen-bond acceptors (Lipinski definition) is 5. The summed E-state index contributed by atoms with van der Waals surface area (Å²) in [5.74, 6) is -1.82. The van der Waals surface area contributed by atoms with E-state index < -0.39 is 29.6 Å². The number of aliphatic hydroxyl groups is 1. The van der Waals surface area contributed by atoms with E-state index in [0.717, 1.165) is 19.3 Å². The van der Waals surface area contributed by atoms with Gasteiger partial charge in [0.1, 0.15) is 11.6 Å². The second-order valence-electron chi connectivity index (χ2n) is 8.24. The summed E-state index contributed by atoms with van der Waals surface area (Å²) in [6, 6.07) is -0.731. The van der Waals surface area contributed by atoms with Crippen LogP contribution in [-0.4, -0.2) is 77.0 Å². The summed E-state index contributed by atoms with van der Waals surface area (Å²) in [5.41, 5.74) is -0.972. The largest absolute Gasteiger partial charge is 0.396 e. The van der Waals surface area contributed by atoms with E-state index in [9.17, 15) is 14.4 Å². The number of fused-ring (bicyclic) bond motifs is 1. The Morgan fingerprint density at radius 3 is 2.69 bits per heavy atom. The van der Waals surface area contributed by atoms with Crippen LogP contribution in [0, 0.1) is 11.8 Å². The number of nitrogens with one attached hydrogen (secondary N) is 2. The molecule has 0 saturated carbocycles. The molecule has 3 saturated heterocycles. The average molecular weight is 474 g/mol. The van der Waals surface area contributed by atoms with Gasteiger partial charge in [-0.25, -0.2) is 0 Å². The van der Waals surface area contributed by atoms with Crippen LogP contribution in [0.2, 0.25) is 0 Å². The molecule has 0 aromatic heterocycles. The van der Waals surface area contributed by atoms with Gasteiger partial charge in [0.25, 0.3) is 0 Å². The van der Waals surface area contributed by atoms with Crippen LogP contribution in [0.1, 0.15) is 45.4 Å². The van der Waals surface area contributed by atoms with Gasteiger partial charge in [0.05, 0.1) is 17.9 Å². The standard InChI is InChI=1S/C20H32BrN3O5/c1-3-4-8-23-18(27)16-20-11-12(21)15(29-20)13(17(26)22-2)14(20)19(28)24(16)9-6-5-7-10-25/h12-16,25H,3-11H2,1-2H3,(H,22,26)(H,23,27)/t12?,13-,14+,15-,16?,20?/m1/s1. The van der Waals surface area contributed by atoms with Gasteiger partial charge in [-0.3, -0.25) is 14.4 Å². The molecule has 3 amide bonds. The number of likely N-dealkylation sites (tertiary alicyclic amines) is 1. The number of carbonyl (C=O) groups is 3. The van der Waals surface area contributed by atoms with E-state index in [1.165, 1.54) is 0 Å². The zero-order valence-corrected chi connectivity index (χ0v) is 18.7. The van der Waals surface area contributed by atoms with Crippen LogP contribution in [0.4, 0.5) is 0 Å². The van der Waals surface area contributed by atoms with Gasteiger partial charge < -0.3 is 25.4 Å². The lowest BCUT2D eigenvalue weighted by Gasteiger charge is -2.34. The van der Waals surface area contributed by atoms with E-state index in [1.807, 2.05) is 0 Å². The highest BCUT2D eigenvalue weighted by molar-refractivity contribution is 9.09. The summed E-state index contributed by atoms with van der Waals surface area (Å²) in [6.07, 6.45) is 4.07. The Kier molecular flexibility index (Phi) is 7.22. The van der Waals surface area contributed by atoms with E-state index in [2.05, 4.69) is 33.5 Å². The number of hydrogen-bond donors (Lipinski definition) is 3. The van der Waals surface area contributed by atoms with Crippen molar-refractivity contribution in [3.8, 4) is 0 Å². The first-order valence-corrected chi connectivity index (χ1v) is 11.6. The molecule has 0 aliphatic carbocycles. The fourth-order valence-corrected chi connectivity index (χ4v) is 6.14. The third kappa shape index (κ3) is 3.81. The Morgan fingerprint density at radius 2 is 2.03 bits per heavy atom. The van der Waals surface area contributed by atoms with Crippen LogP contribution in [0.15, 0.2) is 0 Å². The van der Waals surface area contributed by atoms with Gasteiger partial charge >= 0.3 is 0 Å². The molecule has 3 aliphatic rings. The number of nitrogens with zero attached hydrogens (tertiary/aromatic N) is 1. The quantitative estimate of drug-likeness (QED) is 0.317. The van der Waals surface area contributed by atoms with Crippen molar-refractivity contribution in [1.82, 2.24) is 15.5 Å². The molecule has 3 unspecified atom stereocenters. The first-order valence-electron chi connectivity index (χ1n) is 10.7. The smallest absolute Gasteiger partial charge is 0.245 e. The van der Waals surface area contributed by atoms with Crippen molar-refractivity contribution in [2.45, 2.75) is 68.0 Å². The summed E-state index contributed by atoms with van der Waals surface area (Å²) >= 11 is 3.62. The van der Waals surface area contributed by atoms with Crippen LogP contribution in [-0.2, 0) is 19.1 Å². The SMILES string of the molecule is CCCCNC(=O)C1N(CCCCCO)C(=O)[C@@H]2[C@@H](C(=O)NC)[C@@H]3OC12CC3Br. The normalized spacial score (nSPS) is 35.1. The summed E-state index contributed by atoms with van der Waals surface area (Å²) in [7, 11) is 1.56. The Hall–Kier alpha value is -1.19. The number of unbranched alkanes of at least 4 members (excludes halogenated alkanes) is 3. The minimum Gasteiger partial charge on any atom is -0.396 e. The third-order valence-electron chi connectivity index (χ3n) is 6.47. The fraction of sp³-hybridized carbons (Fsp3) is 0.850. The third-order valence-corrected chi connectivity index (χ3v) is 7.32. The van der Waals surface area contributed by atoms with Crippen molar-refractivity contribution in [2.75, 3.05) is 26.7 Å². The molecule has 8 nitrogen and oxygen atoms in total. The van der Waals surface area contributed by atoms with Gasteiger partial charge in [0.15, 0.2) is 0 Å². The lowest BCUT2D eigenvalue weighted by atomic mass is 9.70. The Balaban J connectivity index is 1.89. The number of halogens is 1. The predicted molar refractivity (Wildman–Crippen MR) is 110 cm³/mol. The Labute approximate surface area is 180 Å². The highest BCUT2D eigenvalue weighted by atomic mass is 79.9. The van der Waals surface area contributed by atoms with Crippen LogP contribution in [0.25, 0.3) is 0 Å². The maximum Gasteiger partial charge on any atom is 0.245 e. The minimum atomic E-state index is -0.972. The lowest BCUT2D eigenvalue weighted by molar-refractivity contribution is -0.142. The molecular weight excluding hydrogens is 442 g/mol. The van der Waals surface area contributed by atoms with Gasteiger partial charge in [-0.1, -0.05) is 29.3 Å². The number of amides is 3. The summed E-state index contributed by atoms with van der Waals surface area (Å²) in [5, 5.41) is 14.7. The monoisotopic (exact) mass is 473 g/mol. The summed E-state index contributed by atoms with van der Waals surface area (Å²) in [6.45, 7) is 3.14. The molecule has 3 rings (SSSR count). The van der Waals surface area contributed by atoms with Crippen molar-refractivity contribution in [3.63, 3.8) is 0 Å². The molecule has 9 heteroatoms. The maximum absolute atomic E-state index is 13.4. The van der Waals surface area contributed by atoms with Crippen molar-refractivity contribution >= 4 is 33.7 Å². The molecule has 2 bridgehead atoms. The number of carbonyl (C=O) groups excluding carboxylic acids is 3. The van der Waals surface area contributed by atoms with E-state index >= 15 is 0 Å². The maximum atomic E-state index is 13.4. The molecule has 3 heterocycles. The van der Waals surface area contributed by atoms with E-state index in [4.69, 9.17) is 9.84 Å². The molecule has 0 aromatic rings. The van der Waals surface area contributed by atoms with E-state index in [-0.39, 0.29) is 29.2 Å². The number of aliphatic hydroxyl groups excluding tert-OH is 1. The zero-order valence-electron chi connectivity index (χ0n) is 17.2. The van der Waals surface area contributed by atoms with Crippen LogP contribution in [0.3, 0.4) is 0 Å². The van der Waals surface area contributed by atoms with Gasteiger partial charge in [0, 0.05) is 31.6 Å². The minimum absolute atomic E-state index is 0.0749. The summed E-state index contributed by atoms with van der Waals surface area (Å²) < 4.78 is 6.33. The van der Waals surface area contributed by atoms with Crippen LogP contribution < -0.4 is 10.6 Å². The van der Waals surface area contributed by atoms with Crippen LogP contribution in [0.5, 0.6) is 0 Å². The van der Waals surface area contributed by atoms with Crippen molar-refractivity contribution in [1.29, 1.82) is 0 Å². The number of ether oxygens (including phenoxy) is 1. The Bertz CT molecular complexity index is 648. The molecule has 29 heavy (non-hydrogen) atoms.